The molecule has 0 spiro atoms. The van der Waals surface area contributed by atoms with Crippen LogP contribution in [-0.2, 0) is 14.8 Å². The molecule has 0 bridgehead atoms. The standard InChI is InChI=1S/C19H23N5O3S2/c1-12-4-5-15-16(10-12)28-19(20-15)24-17(11-13(2)22-24)21-18(25)14-6-8-23(9-7-14)29(3,26)27/h4-5,10-11,14H,6-9H2,1-3H3,(H,21,25). The molecular weight excluding hydrogens is 410 g/mol. The van der Waals surface area contributed by atoms with E-state index in [0.29, 0.717) is 36.9 Å². The molecule has 8 nitrogen and oxygen atoms in total. The number of rotatable bonds is 4. The molecule has 0 radical (unpaired) electrons. The Hall–Kier alpha value is -2.30. The number of sulfonamides is 1. The van der Waals surface area contributed by atoms with Crippen molar-refractivity contribution >= 4 is 43.3 Å². The van der Waals surface area contributed by atoms with Gasteiger partial charge in [-0.3, -0.25) is 4.79 Å². The van der Waals surface area contributed by atoms with Crippen molar-refractivity contribution in [2.24, 2.45) is 5.92 Å². The Labute approximate surface area is 173 Å². The second kappa shape index (κ2) is 7.51. The average Bonchev–Trinajstić information content (AvgIpc) is 3.23. The molecule has 10 heteroatoms. The molecule has 1 N–H and O–H groups in total. The van der Waals surface area contributed by atoms with Crippen LogP contribution in [0.1, 0.15) is 24.1 Å². The van der Waals surface area contributed by atoms with E-state index in [9.17, 15) is 13.2 Å². The predicted octanol–water partition coefficient (Wildman–Crippen LogP) is 2.71. The molecule has 1 fully saturated rings. The van der Waals surface area contributed by atoms with Gasteiger partial charge in [0.1, 0.15) is 5.82 Å². The number of carbonyl (C=O) groups excluding carboxylic acids is 1. The molecule has 4 rings (SSSR count). The number of nitrogens with zero attached hydrogens (tertiary/aromatic N) is 4. The van der Waals surface area contributed by atoms with Gasteiger partial charge in [0, 0.05) is 25.1 Å². The van der Waals surface area contributed by atoms with E-state index in [4.69, 9.17) is 0 Å². The highest BCUT2D eigenvalue weighted by Gasteiger charge is 2.29. The molecule has 1 aromatic carbocycles. The fourth-order valence-electron chi connectivity index (χ4n) is 3.52. The van der Waals surface area contributed by atoms with E-state index in [-0.39, 0.29) is 11.8 Å². The summed E-state index contributed by atoms with van der Waals surface area (Å²) in [7, 11) is -3.21. The van der Waals surface area contributed by atoms with Gasteiger partial charge in [-0.2, -0.15) is 9.78 Å². The van der Waals surface area contributed by atoms with Crippen molar-refractivity contribution in [2.75, 3.05) is 24.7 Å². The highest BCUT2D eigenvalue weighted by atomic mass is 32.2. The van der Waals surface area contributed by atoms with E-state index < -0.39 is 10.0 Å². The van der Waals surface area contributed by atoms with Crippen LogP contribution in [0.15, 0.2) is 24.3 Å². The predicted molar refractivity (Wildman–Crippen MR) is 114 cm³/mol. The third kappa shape index (κ3) is 4.19. The van der Waals surface area contributed by atoms with Crippen molar-refractivity contribution in [2.45, 2.75) is 26.7 Å². The van der Waals surface area contributed by atoms with E-state index in [2.05, 4.69) is 21.5 Å². The van der Waals surface area contributed by atoms with Gasteiger partial charge in [-0.15, -0.1) is 0 Å². The molecule has 0 saturated carbocycles. The number of aryl methyl sites for hydroxylation is 2. The Morgan fingerprint density at radius 3 is 2.62 bits per heavy atom. The van der Waals surface area contributed by atoms with E-state index in [1.54, 1.807) is 4.68 Å². The summed E-state index contributed by atoms with van der Waals surface area (Å²) < 4.78 is 27.5. The van der Waals surface area contributed by atoms with Gasteiger partial charge in [0.2, 0.25) is 21.1 Å². The maximum atomic E-state index is 12.8. The highest BCUT2D eigenvalue weighted by Crippen LogP contribution is 2.28. The molecule has 29 heavy (non-hydrogen) atoms. The van der Waals surface area contributed by atoms with E-state index >= 15 is 0 Å². The van der Waals surface area contributed by atoms with Gasteiger partial charge in [-0.05, 0) is 44.4 Å². The van der Waals surface area contributed by atoms with Crippen LogP contribution < -0.4 is 5.32 Å². The minimum absolute atomic E-state index is 0.115. The number of fused-ring (bicyclic) bond motifs is 1. The third-order valence-corrected chi connectivity index (χ3v) is 7.39. The van der Waals surface area contributed by atoms with E-state index in [1.165, 1.54) is 27.5 Å². The number of hydrogen-bond acceptors (Lipinski definition) is 6. The minimum Gasteiger partial charge on any atom is -0.310 e. The Kier molecular flexibility index (Phi) is 5.18. The zero-order valence-electron chi connectivity index (χ0n) is 16.5. The van der Waals surface area contributed by atoms with Crippen LogP contribution in [0.3, 0.4) is 0 Å². The highest BCUT2D eigenvalue weighted by molar-refractivity contribution is 7.88. The first kappa shape index (κ1) is 20.0. The zero-order chi connectivity index (χ0) is 20.8. The number of benzene rings is 1. The third-order valence-electron chi connectivity index (χ3n) is 5.09. The van der Waals surface area contributed by atoms with Crippen molar-refractivity contribution in [1.29, 1.82) is 0 Å². The fourth-order valence-corrected chi connectivity index (χ4v) is 5.43. The monoisotopic (exact) mass is 433 g/mol. The number of anilines is 1. The Balaban J connectivity index is 1.53. The van der Waals surface area contributed by atoms with Gasteiger partial charge >= 0.3 is 0 Å². The lowest BCUT2D eigenvalue weighted by Crippen LogP contribution is -2.41. The second-order valence-electron chi connectivity index (χ2n) is 7.48. The second-order valence-corrected chi connectivity index (χ2v) is 10.5. The molecule has 0 unspecified atom stereocenters. The van der Waals surface area contributed by atoms with Gasteiger partial charge in [-0.25, -0.2) is 17.7 Å². The van der Waals surface area contributed by atoms with Gasteiger partial charge in [0.05, 0.1) is 22.2 Å². The first-order chi connectivity index (χ1) is 13.7. The van der Waals surface area contributed by atoms with Crippen molar-refractivity contribution < 1.29 is 13.2 Å². The van der Waals surface area contributed by atoms with Crippen molar-refractivity contribution in [3.05, 3.63) is 35.5 Å². The molecule has 1 amide bonds. The van der Waals surface area contributed by atoms with Gasteiger partial charge in [-0.1, -0.05) is 17.4 Å². The smallest absolute Gasteiger partial charge is 0.228 e. The lowest BCUT2D eigenvalue weighted by Gasteiger charge is -2.29. The molecule has 0 atom stereocenters. The summed E-state index contributed by atoms with van der Waals surface area (Å²) in [5.41, 5.74) is 2.84. The van der Waals surface area contributed by atoms with Crippen LogP contribution >= 0.6 is 11.3 Å². The maximum absolute atomic E-state index is 12.8. The van der Waals surface area contributed by atoms with Crippen LogP contribution in [0.5, 0.6) is 0 Å². The molecule has 154 valence electrons. The summed E-state index contributed by atoms with van der Waals surface area (Å²) in [5.74, 6) is 0.236. The molecule has 0 aliphatic carbocycles. The molecule has 1 aliphatic rings. The Morgan fingerprint density at radius 1 is 1.21 bits per heavy atom. The Bertz CT molecular complexity index is 1170. The number of amides is 1. The quantitative estimate of drug-likeness (QED) is 0.682. The lowest BCUT2D eigenvalue weighted by atomic mass is 9.97. The normalized spacial score (nSPS) is 16.4. The summed E-state index contributed by atoms with van der Waals surface area (Å²) in [6, 6.07) is 7.90. The number of aromatic nitrogens is 3. The minimum atomic E-state index is -3.21. The van der Waals surface area contributed by atoms with Crippen molar-refractivity contribution in [3.63, 3.8) is 0 Å². The van der Waals surface area contributed by atoms with E-state index in [1.807, 2.05) is 32.0 Å². The summed E-state index contributed by atoms with van der Waals surface area (Å²) in [6.07, 6.45) is 2.22. The van der Waals surface area contributed by atoms with Crippen LogP contribution in [0.2, 0.25) is 0 Å². The summed E-state index contributed by atoms with van der Waals surface area (Å²) in [5, 5.41) is 8.17. The maximum Gasteiger partial charge on any atom is 0.228 e. The SMILES string of the molecule is Cc1ccc2nc(-n3nc(C)cc3NC(=O)C3CCN(S(C)(=O)=O)CC3)sc2c1. The van der Waals surface area contributed by atoms with Crippen LogP contribution in [0.25, 0.3) is 15.3 Å². The summed E-state index contributed by atoms with van der Waals surface area (Å²) >= 11 is 1.52. The van der Waals surface area contributed by atoms with Gasteiger partial charge in [0.15, 0.2) is 0 Å². The lowest BCUT2D eigenvalue weighted by molar-refractivity contribution is -0.120. The topological polar surface area (TPSA) is 97.2 Å². The van der Waals surface area contributed by atoms with Crippen molar-refractivity contribution in [1.82, 2.24) is 19.1 Å². The zero-order valence-corrected chi connectivity index (χ0v) is 18.2. The number of piperidine rings is 1. The number of carbonyl (C=O) groups is 1. The van der Waals surface area contributed by atoms with Gasteiger partial charge in [0.25, 0.3) is 0 Å². The molecular formula is C19H23N5O3S2. The van der Waals surface area contributed by atoms with Crippen LogP contribution in [0, 0.1) is 19.8 Å². The van der Waals surface area contributed by atoms with Crippen LogP contribution in [-0.4, -0.2) is 52.7 Å². The molecule has 1 aliphatic heterocycles. The fraction of sp³-hybridized carbons (Fsp3) is 0.421. The summed E-state index contributed by atoms with van der Waals surface area (Å²) in [6.45, 7) is 4.64. The average molecular weight is 434 g/mol. The molecule has 2 aromatic heterocycles. The first-order valence-corrected chi connectivity index (χ1v) is 12.1. The number of hydrogen-bond donors (Lipinski definition) is 1. The van der Waals surface area contributed by atoms with Crippen LogP contribution in [0.4, 0.5) is 5.82 Å². The van der Waals surface area contributed by atoms with Gasteiger partial charge < -0.3 is 5.32 Å². The molecule has 3 aromatic rings. The first-order valence-electron chi connectivity index (χ1n) is 9.41. The largest absolute Gasteiger partial charge is 0.310 e. The van der Waals surface area contributed by atoms with E-state index in [0.717, 1.165) is 15.9 Å². The number of nitrogens with one attached hydrogen (secondary N) is 1. The van der Waals surface area contributed by atoms with Crippen molar-refractivity contribution in [3.8, 4) is 5.13 Å². The molecule has 1 saturated heterocycles. The summed E-state index contributed by atoms with van der Waals surface area (Å²) in [4.78, 5) is 17.4. The molecule has 3 heterocycles. The number of thiazole rings is 1. The Morgan fingerprint density at radius 2 is 1.93 bits per heavy atom.